The fraction of sp³-hybridized carbons (Fsp3) is 0.889. The number of nitrogens with zero attached hydrogens (tertiary/aromatic N) is 1. The molecule has 0 heterocycles. The number of carbonyl (C=O) groups is 1. The van der Waals surface area contributed by atoms with Gasteiger partial charge in [0.15, 0.2) is 0 Å². The number of rotatable bonds is 8. The molecule has 0 fully saturated rings. The van der Waals surface area contributed by atoms with Gasteiger partial charge in [0, 0.05) is 26.7 Å². The van der Waals surface area contributed by atoms with Gasteiger partial charge >= 0.3 is 0 Å². The van der Waals surface area contributed by atoms with Crippen LogP contribution >= 0.6 is 0 Å². The Morgan fingerprint density at radius 2 is 2.29 bits per heavy atom. The summed E-state index contributed by atoms with van der Waals surface area (Å²) in [5.74, 6) is 0.0253. The SMILES string of the molecule is CCN(CCN)CC(=O)NCCOC. The molecule has 3 N–H and O–H groups in total. The summed E-state index contributed by atoms with van der Waals surface area (Å²) in [7, 11) is 1.61. The normalized spacial score (nSPS) is 10.6. The van der Waals surface area contributed by atoms with Gasteiger partial charge in [-0.1, -0.05) is 6.92 Å². The van der Waals surface area contributed by atoms with Crippen LogP contribution in [0, 0.1) is 0 Å². The molecule has 0 aromatic carbocycles. The number of carbonyl (C=O) groups excluding carboxylic acids is 1. The van der Waals surface area contributed by atoms with Gasteiger partial charge in [0.05, 0.1) is 13.2 Å². The third-order valence-electron chi connectivity index (χ3n) is 1.89. The van der Waals surface area contributed by atoms with E-state index >= 15 is 0 Å². The Labute approximate surface area is 85.6 Å². The highest BCUT2D eigenvalue weighted by Gasteiger charge is 2.06. The van der Waals surface area contributed by atoms with Crippen LogP contribution in [-0.4, -0.2) is 57.2 Å². The summed E-state index contributed by atoms with van der Waals surface area (Å²) in [4.78, 5) is 13.3. The summed E-state index contributed by atoms with van der Waals surface area (Å²) in [6.45, 7) is 5.72. The van der Waals surface area contributed by atoms with Crippen molar-refractivity contribution in [3.05, 3.63) is 0 Å². The Morgan fingerprint density at radius 3 is 2.79 bits per heavy atom. The first-order valence-electron chi connectivity index (χ1n) is 4.92. The quantitative estimate of drug-likeness (QED) is 0.498. The average molecular weight is 203 g/mol. The second kappa shape index (κ2) is 8.93. The van der Waals surface area contributed by atoms with Crippen molar-refractivity contribution in [3.8, 4) is 0 Å². The number of nitrogens with two attached hydrogens (primary N) is 1. The van der Waals surface area contributed by atoms with Crippen LogP contribution in [0.5, 0.6) is 0 Å². The maximum atomic E-state index is 11.3. The minimum absolute atomic E-state index is 0.0253. The van der Waals surface area contributed by atoms with E-state index in [2.05, 4.69) is 5.32 Å². The predicted octanol–water partition coefficient (Wildman–Crippen LogP) is -0.970. The van der Waals surface area contributed by atoms with E-state index in [4.69, 9.17) is 10.5 Å². The zero-order valence-electron chi connectivity index (χ0n) is 9.08. The summed E-state index contributed by atoms with van der Waals surface area (Å²) in [6, 6.07) is 0. The van der Waals surface area contributed by atoms with Crippen LogP contribution in [0.25, 0.3) is 0 Å². The predicted molar refractivity (Wildman–Crippen MR) is 56.1 cm³/mol. The molecule has 5 nitrogen and oxygen atoms in total. The largest absolute Gasteiger partial charge is 0.383 e. The van der Waals surface area contributed by atoms with Gasteiger partial charge in [0.1, 0.15) is 0 Å². The first-order valence-corrected chi connectivity index (χ1v) is 4.92. The molecule has 0 aromatic heterocycles. The summed E-state index contributed by atoms with van der Waals surface area (Å²) < 4.78 is 4.82. The average Bonchev–Trinajstić information content (AvgIpc) is 2.17. The van der Waals surface area contributed by atoms with Crippen LogP contribution < -0.4 is 11.1 Å². The lowest BCUT2D eigenvalue weighted by molar-refractivity contribution is -0.122. The Balaban J connectivity index is 3.56. The lowest BCUT2D eigenvalue weighted by atomic mass is 10.4. The van der Waals surface area contributed by atoms with Crippen LogP contribution in [0.2, 0.25) is 0 Å². The molecule has 1 amide bonds. The fourth-order valence-electron chi connectivity index (χ4n) is 1.08. The molecule has 0 aliphatic heterocycles. The van der Waals surface area contributed by atoms with Crippen LogP contribution in [0.1, 0.15) is 6.92 Å². The maximum Gasteiger partial charge on any atom is 0.234 e. The Hall–Kier alpha value is -0.650. The molecule has 0 bridgehead atoms. The zero-order chi connectivity index (χ0) is 10.8. The molecule has 0 saturated heterocycles. The molecule has 0 unspecified atom stereocenters. The lowest BCUT2D eigenvalue weighted by Gasteiger charge is -2.18. The molecule has 84 valence electrons. The number of ether oxygens (including phenoxy) is 1. The molecule has 0 rings (SSSR count). The minimum Gasteiger partial charge on any atom is -0.383 e. The highest BCUT2D eigenvalue weighted by atomic mass is 16.5. The molecule has 14 heavy (non-hydrogen) atoms. The van der Waals surface area contributed by atoms with Crippen LogP contribution in [0.15, 0.2) is 0 Å². The van der Waals surface area contributed by atoms with Gasteiger partial charge in [-0.3, -0.25) is 9.69 Å². The van der Waals surface area contributed by atoms with Crippen LogP contribution in [-0.2, 0) is 9.53 Å². The van der Waals surface area contributed by atoms with Gasteiger partial charge in [-0.2, -0.15) is 0 Å². The van der Waals surface area contributed by atoms with Gasteiger partial charge in [-0.05, 0) is 6.54 Å². The number of hydrogen-bond donors (Lipinski definition) is 2. The first-order chi connectivity index (χ1) is 6.74. The molecule has 0 radical (unpaired) electrons. The van der Waals surface area contributed by atoms with Gasteiger partial charge < -0.3 is 15.8 Å². The van der Waals surface area contributed by atoms with E-state index in [1.165, 1.54) is 0 Å². The highest BCUT2D eigenvalue weighted by Crippen LogP contribution is 1.85. The number of likely N-dealkylation sites (N-methyl/N-ethyl adjacent to an activating group) is 1. The number of hydrogen-bond acceptors (Lipinski definition) is 4. The molecule has 0 aliphatic rings. The molecular weight excluding hydrogens is 182 g/mol. The number of amides is 1. The second-order valence-electron chi connectivity index (χ2n) is 3.00. The monoisotopic (exact) mass is 203 g/mol. The van der Waals surface area contributed by atoms with Crippen molar-refractivity contribution in [2.75, 3.05) is 46.4 Å². The summed E-state index contributed by atoms with van der Waals surface area (Å²) in [6.07, 6.45) is 0. The molecule has 0 aromatic rings. The van der Waals surface area contributed by atoms with E-state index in [1.54, 1.807) is 7.11 Å². The zero-order valence-corrected chi connectivity index (χ0v) is 9.08. The van der Waals surface area contributed by atoms with Crippen LogP contribution in [0.4, 0.5) is 0 Å². The number of nitrogens with one attached hydrogen (secondary N) is 1. The van der Waals surface area contributed by atoms with E-state index < -0.39 is 0 Å². The van der Waals surface area contributed by atoms with Gasteiger partial charge in [0.25, 0.3) is 0 Å². The Morgan fingerprint density at radius 1 is 1.57 bits per heavy atom. The second-order valence-corrected chi connectivity index (χ2v) is 3.00. The van der Waals surface area contributed by atoms with E-state index in [9.17, 15) is 4.79 Å². The van der Waals surface area contributed by atoms with Crippen molar-refractivity contribution in [1.29, 1.82) is 0 Å². The van der Waals surface area contributed by atoms with Crippen molar-refractivity contribution in [1.82, 2.24) is 10.2 Å². The molecule has 0 saturated carbocycles. The van der Waals surface area contributed by atoms with E-state index in [0.29, 0.717) is 26.2 Å². The van der Waals surface area contributed by atoms with Gasteiger partial charge in [-0.25, -0.2) is 0 Å². The topological polar surface area (TPSA) is 67.6 Å². The summed E-state index contributed by atoms with van der Waals surface area (Å²) in [5, 5.41) is 2.76. The molecule has 0 aliphatic carbocycles. The van der Waals surface area contributed by atoms with Crippen molar-refractivity contribution in [2.45, 2.75) is 6.92 Å². The summed E-state index contributed by atoms with van der Waals surface area (Å²) in [5.41, 5.74) is 5.41. The third-order valence-corrected chi connectivity index (χ3v) is 1.89. The van der Waals surface area contributed by atoms with Gasteiger partial charge in [-0.15, -0.1) is 0 Å². The fourth-order valence-corrected chi connectivity index (χ4v) is 1.08. The smallest absolute Gasteiger partial charge is 0.234 e. The Bertz CT molecular complexity index is 153. The van der Waals surface area contributed by atoms with E-state index in [1.807, 2.05) is 11.8 Å². The van der Waals surface area contributed by atoms with Crippen molar-refractivity contribution in [2.24, 2.45) is 5.73 Å². The van der Waals surface area contributed by atoms with E-state index in [0.717, 1.165) is 13.1 Å². The highest BCUT2D eigenvalue weighted by molar-refractivity contribution is 5.77. The van der Waals surface area contributed by atoms with Gasteiger partial charge in [0.2, 0.25) is 5.91 Å². The van der Waals surface area contributed by atoms with E-state index in [-0.39, 0.29) is 5.91 Å². The number of methoxy groups -OCH3 is 1. The minimum atomic E-state index is 0.0253. The maximum absolute atomic E-state index is 11.3. The molecule has 0 spiro atoms. The van der Waals surface area contributed by atoms with Crippen LogP contribution in [0.3, 0.4) is 0 Å². The molecule has 5 heteroatoms. The Kier molecular flexibility index (Phi) is 8.51. The first kappa shape index (κ1) is 13.4. The van der Waals surface area contributed by atoms with Crippen molar-refractivity contribution >= 4 is 5.91 Å². The summed E-state index contributed by atoms with van der Waals surface area (Å²) >= 11 is 0. The molecule has 0 atom stereocenters. The van der Waals surface area contributed by atoms with Crippen molar-refractivity contribution < 1.29 is 9.53 Å². The standard InChI is InChI=1S/C9H21N3O2/c1-3-12(6-4-10)8-9(13)11-5-7-14-2/h3-8,10H2,1-2H3,(H,11,13). The lowest BCUT2D eigenvalue weighted by Crippen LogP contribution is -2.40. The third kappa shape index (κ3) is 6.82. The molecular formula is C9H21N3O2. The van der Waals surface area contributed by atoms with Crippen molar-refractivity contribution in [3.63, 3.8) is 0 Å².